The Kier molecular flexibility index (Phi) is 6.75. The molecule has 3 rings (SSSR count). The van der Waals surface area contributed by atoms with E-state index < -0.39 is 6.10 Å². The summed E-state index contributed by atoms with van der Waals surface area (Å²) >= 11 is 5.95. The molecule has 0 saturated heterocycles. The van der Waals surface area contributed by atoms with Gasteiger partial charge in [-0.05, 0) is 80.4 Å². The molecule has 0 heterocycles. The van der Waals surface area contributed by atoms with Crippen LogP contribution < -0.4 is 15.4 Å². The van der Waals surface area contributed by atoms with E-state index in [9.17, 15) is 9.59 Å². The summed E-state index contributed by atoms with van der Waals surface area (Å²) in [6.07, 6.45) is -0.694. The number of anilines is 2. The van der Waals surface area contributed by atoms with Gasteiger partial charge in [0.05, 0.1) is 0 Å². The van der Waals surface area contributed by atoms with Gasteiger partial charge in [0.2, 0.25) is 0 Å². The lowest BCUT2D eigenvalue weighted by Gasteiger charge is -2.16. The Bertz CT molecular complexity index is 1060. The minimum Gasteiger partial charge on any atom is -0.481 e. The molecule has 0 aliphatic heterocycles. The molecule has 0 fully saturated rings. The predicted octanol–water partition coefficient (Wildman–Crippen LogP) is 5.62. The second-order valence-corrected chi connectivity index (χ2v) is 7.44. The molecule has 0 radical (unpaired) electrons. The van der Waals surface area contributed by atoms with Crippen molar-refractivity contribution in [1.82, 2.24) is 0 Å². The molecule has 2 N–H and O–H groups in total. The van der Waals surface area contributed by atoms with E-state index in [1.165, 1.54) is 0 Å². The first-order valence-corrected chi connectivity index (χ1v) is 9.92. The van der Waals surface area contributed by atoms with Crippen LogP contribution in [-0.4, -0.2) is 17.9 Å². The second kappa shape index (κ2) is 9.46. The van der Waals surface area contributed by atoms with E-state index in [1.807, 2.05) is 38.1 Å². The van der Waals surface area contributed by atoms with Crippen LogP contribution in [0.3, 0.4) is 0 Å². The average Bonchev–Trinajstić information content (AvgIpc) is 2.72. The summed E-state index contributed by atoms with van der Waals surface area (Å²) in [5, 5.41) is 6.34. The topological polar surface area (TPSA) is 67.4 Å². The van der Waals surface area contributed by atoms with Crippen LogP contribution in [0.15, 0.2) is 66.7 Å². The number of rotatable bonds is 6. The summed E-state index contributed by atoms with van der Waals surface area (Å²) in [5.41, 5.74) is 3.79. The van der Waals surface area contributed by atoms with Crippen molar-refractivity contribution >= 4 is 34.8 Å². The molecular formula is C24H23ClN2O3. The van der Waals surface area contributed by atoms with Gasteiger partial charge in [-0.1, -0.05) is 29.8 Å². The van der Waals surface area contributed by atoms with Gasteiger partial charge in [0.15, 0.2) is 6.10 Å². The third kappa shape index (κ3) is 5.39. The fraction of sp³-hybridized carbons (Fsp3) is 0.167. The zero-order chi connectivity index (χ0) is 21.7. The first-order valence-electron chi connectivity index (χ1n) is 9.54. The number of hydrogen-bond acceptors (Lipinski definition) is 3. The lowest BCUT2D eigenvalue weighted by Crippen LogP contribution is -2.30. The molecule has 5 nitrogen and oxygen atoms in total. The van der Waals surface area contributed by atoms with Crippen molar-refractivity contribution in [2.45, 2.75) is 26.9 Å². The van der Waals surface area contributed by atoms with Crippen molar-refractivity contribution in [3.8, 4) is 5.75 Å². The van der Waals surface area contributed by atoms with Crippen LogP contribution in [0.4, 0.5) is 11.4 Å². The molecule has 154 valence electrons. The maximum Gasteiger partial charge on any atom is 0.265 e. The van der Waals surface area contributed by atoms with Crippen molar-refractivity contribution in [2.75, 3.05) is 10.6 Å². The normalized spacial score (nSPS) is 11.5. The fourth-order valence-corrected chi connectivity index (χ4v) is 3.08. The molecule has 0 unspecified atom stereocenters. The quantitative estimate of drug-likeness (QED) is 0.542. The Morgan fingerprint density at radius 2 is 1.53 bits per heavy atom. The Morgan fingerprint density at radius 3 is 2.20 bits per heavy atom. The minimum atomic E-state index is -0.694. The van der Waals surface area contributed by atoms with Crippen LogP contribution in [-0.2, 0) is 4.79 Å². The maximum atomic E-state index is 12.5. The summed E-state index contributed by atoms with van der Waals surface area (Å²) in [7, 11) is 0. The number of ether oxygens (including phenoxy) is 1. The number of nitrogens with one attached hydrogen (secondary N) is 2. The standard InChI is InChI=1S/C24H23ClN2O3/c1-15-6-4-5-7-21(15)26-23(28)17(3)30-20-11-8-18(9-12-20)24(29)27-22-13-10-19(25)14-16(22)2/h4-14,17H,1-3H3,(H,26,28)(H,27,29)/t17-/m0/s1. The van der Waals surface area contributed by atoms with Gasteiger partial charge in [-0.15, -0.1) is 0 Å². The van der Waals surface area contributed by atoms with Crippen LogP contribution in [0, 0.1) is 13.8 Å². The molecule has 2 amide bonds. The highest BCUT2D eigenvalue weighted by molar-refractivity contribution is 6.30. The number of hydrogen-bond donors (Lipinski definition) is 2. The van der Waals surface area contributed by atoms with Crippen molar-refractivity contribution in [3.63, 3.8) is 0 Å². The molecule has 1 atom stereocenters. The highest BCUT2D eigenvalue weighted by Crippen LogP contribution is 2.21. The minimum absolute atomic E-state index is 0.239. The van der Waals surface area contributed by atoms with Crippen molar-refractivity contribution in [2.24, 2.45) is 0 Å². The van der Waals surface area contributed by atoms with E-state index >= 15 is 0 Å². The molecule has 6 heteroatoms. The molecule has 0 aromatic heterocycles. The molecule has 3 aromatic rings. The number of aryl methyl sites for hydroxylation is 2. The first-order chi connectivity index (χ1) is 14.3. The summed E-state index contributed by atoms with van der Waals surface area (Å²) in [5.74, 6) is 0.0170. The van der Waals surface area contributed by atoms with E-state index in [2.05, 4.69) is 10.6 Å². The van der Waals surface area contributed by atoms with Crippen LogP contribution in [0.5, 0.6) is 5.75 Å². The van der Waals surface area contributed by atoms with Gasteiger partial charge in [0, 0.05) is 22.0 Å². The van der Waals surface area contributed by atoms with Crippen molar-refractivity contribution < 1.29 is 14.3 Å². The predicted molar refractivity (Wildman–Crippen MR) is 120 cm³/mol. The highest BCUT2D eigenvalue weighted by Gasteiger charge is 2.16. The van der Waals surface area contributed by atoms with Crippen LogP contribution in [0.1, 0.15) is 28.4 Å². The molecular weight excluding hydrogens is 400 g/mol. The molecule has 3 aromatic carbocycles. The van der Waals surface area contributed by atoms with Gasteiger partial charge in [0.25, 0.3) is 11.8 Å². The van der Waals surface area contributed by atoms with Gasteiger partial charge in [-0.25, -0.2) is 0 Å². The second-order valence-electron chi connectivity index (χ2n) is 7.00. The van der Waals surface area contributed by atoms with Crippen LogP contribution in [0.2, 0.25) is 5.02 Å². The molecule has 0 aliphatic carbocycles. The zero-order valence-electron chi connectivity index (χ0n) is 17.0. The van der Waals surface area contributed by atoms with Gasteiger partial charge in [0.1, 0.15) is 5.75 Å². The smallest absolute Gasteiger partial charge is 0.265 e. The first kappa shape index (κ1) is 21.4. The van der Waals surface area contributed by atoms with Gasteiger partial charge in [-0.2, -0.15) is 0 Å². The van der Waals surface area contributed by atoms with E-state index in [-0.39, 0.29) is 11.8 Å². The number of carbonyl (C=O) groups excluding carboxylic acids is 2. The van der Waals surface area contributed by atoms with E-state index in [1.54, 1.807) is 49.4 Å². The van der Waals surface area contributed by atoms with Crippen molar-refractivity contribution in [1.29, 1.82) is 0 Å². The number of para-hydroxylation sites is 1. The molecule has 0 bridgehead atoms. The molecule has 0 aliphatic rings. The van der Waals surface area contributed by atoms with E-state index in [0.29, 0.717) is 22.0 Å². The number of halogens is 1. The Balaban J connectivity index is 1.60. The average molecular weight is 423 g/mol. The lowest BCUT2D eigenvalue weighted by atomic mass is 10.1. The monoisotopic (exact) mass is 422 g/mol. The highest BCUT2D eigenvalue weighted by atomic mass is 35.5. The Labute approximate surface area is 181 Å². The van der Waals surface area contributed by atoms with Gasteiger partial charge in [-0.3, -0.25) is 9.59 Å². The van der Waals surface area contributed by atoms with Crippen LogP contribution >= 0.6 is 11.6 Å². The van der Waals surface area contributed by atoms with Crippen molar-refractivity contribution in [3.05, 3.63) is 88.4 Å². The fourth-order valence-electron chi connectivity index (χ4n) is 2.85. The summed E-state index contributed by atoms with van der Waals surface area (Å²) < 4.78 is 5.72. The third-order valence-corrected chi connectivity index (χ3v) is 4.87. The Morgan fingerprint density at radius 1 is 0.867 bits per heavy atom. The van der Waals surface area contributed by atoms with Crippen LogP contribution in [0.25, 0.3) is 0 Å². The molecule has 0 saturated carbocycles. The number of carbonyl (C=O) groups is 2. The summed E-state index contributed by atoms with van der Waals surface area (Å²) in [6, 6.07) is 19.5. The third-order valence-electron chi connectivity index (χ3n) is 4.64. The summed E-state index contributed by atoms with van der Waals surface area (Å²) in [4.78, 5) is 24.9. The Hall–Kier alpha value is -3.31. The van der Waals surface area contributed by atoms with E-state index in [4.69, 9.17) is 16.3 Å². The number of benzene rings is 3. The number of amides is 2. The zero-order valence-corrected chi connectivity index (χ0v) is 17.8. The van der Waals surface area contributed by atoms with Gasteiger partial charge >= 0.3 is 0 Å². The molecule has 30 heavy (non-hydrogen) atoms. The van der Waals surface area contributed by atoms with Gasteiger partial charge < -0.3 is 15.4 Å². The lowest BCUT2D eigenvalue weighted by molar-refractivity contribution is -0.122. The largest absolute Gasteiger partial charge is 0.481 e. The molecule has 0 spiro atoms. The maximum absolute atomic E-state index is 12.5. The summed E-state index contributed by atoms with van der Waals surface area (Å²) in [6.45, 7) is 5.48. The van der Waals surface area contributed by atoms with E-state index in [0.717, 1.165) is 16.8 Å². The SMILES string of the molecule is Cc1cc(Cl)ccc1NC(=O)c1ccc(O[C@@H](C)C(=O)Nc2ccccc2C)cc1.